The summed E-state index contributed by atoms with van der Waals surface area (Å²) in [6, 6.07) is 16.7. The van der Waals surface area contributed by atoms with Crippen molar-refractivity contribution in [3.63, 3.8) is 0 Å². The fourth-order valence-corrected chi connectivity index (χ4v) is 5.08. The van der Waals surface area contributed by atoms with E-state index in [1.807, 2.05) is 19.9 Å². The molecule has 10 heteroatoms. The van der Waals surface area contributed by atoms with Gasteiger partial charge >= 0.3 is 0 Å². The normalized spacial score (nSPS) is 11.2. The lowest BCUT2D eigenvalue weighted by atomic mass is 10.1. The van der Waals surface area contributed by atoms with Gasteiger partial charge in [0.15, 0.2) is 11.5 Å². The van der Waals surface area contributed by atoms with E-state index in [4.69, 9.17) is 14.2 Å². The number of nitrogens with one attached hydrogen (secondary N) is 1. The lowest BCUT2D eigenvalue weighted by molar-refractivity contribution is -0.119. The monoisotopic (exact) mass is 511 g/mol. The lowest BCUT2D eigenvalue weighted by Gasteiger charge is -2.24. The summed E-state index contributed by atoms with van der Waals surface area (Å²) in [7, 11) is 0.477. The van der Waals surface area contributed by atoms with E-state index in [0.29, 0.717) is 28.5 Å². The zero-order valence-electron chi connectivity index (χ0n) is 20.8. The molecule has 3 rings (SSSR count). The van der Waals surface area contributed by atoms with Crippen LogP contribution >= 0.6 is 0 Å². The van der Waals surface area contributed by atoms with Gasteiger partial charge in [0.25, 0.3) is 15.9 Å². The molecule has 36 heavy (non-hydrogen) atoms. The van der Waals surface area contributed by atoms with Gasteiger partial charge in [-0.05, 0) is 61.4 Å². The summed E-state index contributed by atoms with van der Waals surface area (Å²) < 4.78 is 43.9. The molecule has 1 amide bonds. The third-order valence-electron chi connectivity index (χ3n) is 5.20. The summed E-state index contributed by atoms with van der Waals surface area (Å²) >= 11 is 0. The second-order valence-corrected chi connectivity index (χ2v) is 9.78. The van der Waals surface area contributed by atoms with Gasteiger partial charge in [-0.2, -0.15) is 5.10 Å². The molecular weight excluding hydrogens is 482 g/mol. The molecule has 0 radical (unpaired) electrons. The van der Waals surface area contributed by atoms with E-state index in [1.54, 1.807) is 42.5 Å². The molecule has 1 N–H and O–H groups in total. The predicted octanol–water partition coefficient (Wildman–Crippen LogP) is 3.67. The van der Waals surface area contributed by atoms with Crippen molar-refractivity contribution in [2.24, 2.45) is 5.10 Å². The zero-order chi connectivity index (χ0) is 26.3. The molecule has 0 aliphatic rings. The van der Waals surface area contributed by atoms with Crippen LogP contribution in [0.5, 0.6) is 17.2 Å². The number of hydrogen-bond donors (Lipinski definition) is 1. The van der Waals surface area contributed by atoms with E-state index in [-0.39, 0.29) is 4.90 Å². The molecule has 0 spiro atoms. The van der Waals surface area contributed by atoms with Gasteiger partial charge in [0.05, 0.1) is 38.1 Å². The first-order chi connectivity index (χ1) is 17.2. The number of sulfonamides is 1. The number of rotatable bonds is 10. The highest BCUT2D eigenvalue weighted by atomic mass is 32.2. The molecular formula is C26H29N3O6S. The van der Waals surface area contributed by atoms with E-state index in [0.717, 1.165) is 15.4 Å². The molecule has 0 heterocycles. The van der Waals surface area contributed by atoms with Gasteiger partial charge in [-0.15, -0.1) is 0 Å². The van der Waals surface area contributed by atoms with Crippen LogP contribution in [0.25, 0.3) is 0 Å². The van der Waals surface area contributed by atoms with Crippen LogP contribution in [0.3, 0.4) is 0 Å². The largest absolute Gasteiger partial charge is 0.493 e. The third kappa shape index (κ3) is 6.14. The van der Waals surface area contributed by atoms with Crippen molar-refractivity contribution in [2.75, 3.05) is 32.2 Å². The highest BCUT2D eigenvalue weighted by Gasteiger charge is 2.27. The molecule has 0 fully saturated rings. The molecule has 9 nitrogen and oxygen atoms in total. The number of hydrazone groups is 1. The smallest absolute Gasteiger partial charge is 0.264 e. The Kier molecular flexibility index (Phi) is 8.55. The number of amides is 1. The summed E-state index contributed by atoms with van der Waals surface area (Å²) in [5.41, 5.74) is 5.11. The van der Waals surface area contributed by atoms with Crippen molar-refractivity contribution in [1.82, 2.24) is 5.43 Å². The highest BCUT2D eigenvalue weighted by molar-refractivity contribution is 7.92. The molecule has 0 aliphatic carbocycles. The van der Waals surface area contributed by atoms with Gasteiger partial charge in [0.1, 0.15) is 6.54 Å². The minimum Gasteiger partial charge on any atom is -0.493 e. The van der Waals surface area contributed by atoms with Crippen LogP contribution in [0, 0.1) is 13.8 Å². The van der Waals surface area contributed by atoms with Gasteiger partial charge in [0.2, 0.25) is 5.75 Å². The van der Waals surface area contributed by atoms with Crippen LogP contribution in [-0.4, -0.2) is 48.4 Å². The van der Waals surface area contributed by atoms with E-state index < -0.39 is 22.5 Å². The molecule has 0 unspecified atom stereocenters. The van der Waals surface area contributed by atoms with Gasteiger partial charge in [-0.1, -0.05) is 24.3 Å². The first-order valence-corrected chi connectivity index (χ1v) is 12.4. The Bertz CT molecular complexity index is 1310. The Balaban J connectivity index is 1.86. The van der Waals surface area contributed by atoms with Gasteiger partial charge in [0, 0.05) is 5.56 Å². The Hall–Kier alpha value is -4.05. The zero-order valence-corrected chi connectivity index (χ0v) is 21.6. The quantitative estimate of drug-likeness (QED) is 0.329. The average Bonchev–Trinajstić information content (AvgIpc) is 2.86. The number of benzene rings is 3. The minimum absolute atomic E-state index is 0.0814. The molecule has 3 aromatic rings. The van der Waals surface area contributed by atoms with Crippen molar-refractivity contribution in [2.45, 2.75) is 18.7 Å². The van der Waals surface area contributed by atoms with E-state index >= 15 is 0 Å². The molecule has 0 aliphatic heterocycles. The molecule has 0 saturated carbocycles. The Labute approximate surface area is 211 Å². The van der Waals surface area contributed by atoms with Gasteiger partial charge in [-0.25, -0.2) is 13.8 Å². The first kappa shape index (κ1) is 26.6. The van der Waals surface area contributed by atoms with Crippen molar-refractivity contribution >= 4 is 27.8 Å². The summed E-state index contributed by atoms with van der Waals surface area (Å²) in [5, 5.41) is 3.99. The maximum Gasteiger partial charge on any atom is 0.264 e. The molecule has 0 bridgehead atoms. The number of anilines is 1. The number of nitrogens with zero attached hydrogens (tertiary/aromatic N) is 2. The number of aryl methyl sites for hydroxylation is 2. The first-order valence-electron chi connectivity index (χ1n) is 11.0. The van der Waals surface area contributed by atoms with E-state index in [2.05, 4.69) is 10.5 Å². The lowest BCUT2D eigenvalue weighted by Crippen LogP contribution is -2.39. The van der Waals surface area contributed by atoms with Crippen LogP contribution in [0.15, 0.2) is 70.7 Å². The molecule has 0 atom stereocenters. The topological polar surface area (TPSA) is 107 Å². The van der Waals surface area contributed by atoms with Crippen molar-refractivity contribution in [1.29, 1.82) is 0 Å². The molecule has 3 aromatic carbocycles. The molecule has 0 aromatic heterocycles. The van der Waals surface area contributed by atoms with Crippen LogP contribution in [0.2, 0.25) is 0 Å². The number of methoxy groups -OCH3 is 3. The minimum atomic E-state index is -4.01. The highest BCUT2D eigenvalue weighted by Crippen LogP contribution is 2.37. The summed E-state index contributed by atoms with van der Waals surface area (Å²) in [4.78, 5) is 12.9. The van der Waals surface area contributed by atoms with E-state index in [9.17, 15) is 13.2 Å². The number of ether oxygens (including phenoxy) is 3. The molecule has 190 valence electrons. The summed E-state index contributed by atoms with van der Waals surface area (Å²) in [6.07, 6.45) is 1.40. The second kappa shape index (κ2) is 11.6. The van der Waals surface area contributed by atoms with Gasteiger partial charge < -0.3 is 14.2 Å². The third-order valence-corrected chi connectivity index (χ3v) is 6.99. The molecule has 0 saturated heterocycles. The maximum absolute atomic E-state index is 13.5. The Morgan fingerprint density at radius 2 is 1.50 bits per heavy atom. The van der Waals surface area contributed by atoms with Crippen molar-refractivity contribution < 1.29 is 27.4 Å². The number of carbonyl (C=O) groups is 1. The second-order valence-electron chi connectivity index (χ2n) is 7.92. The van der Waals surface area contributed by atoms with Crippen LogP contribution in [0.1, 0.15) is 16.7 Å². The van der Waals surface area contributed by atoms with Crippen LogP contribution < -0.4 is 23.9 Å². The predicted molar refractivity (Wildman–Crippen MR) is 139 cm³/mol. The number of carbonyl (C=O) groups excluding carboxylic acids is 1. The van der Waals surface area contributed by atoms with Gasteiger partial charge in [-0.3, -0.25) is 9.10 Å². The van der Waals surface area contributed by atoms with Crippen LogP contribution in [0.4, 0.5) is 5.69 Å². The number of hydrogen-bond acceptors (Lipinski definition) is 7. The fraction of sp³-hybridized carbons (Fsp3) is 0.231. The fourth-order valence-electron chi connectivity index (χ4n) is 3.65. The summed E-state index contributed by atoms with van der Waals surface area (Å²) in [6.45, 7) is 3.27. The van der Waals surface area contributed by atoms with Crippen molar-refractivity contribution in [3.8, 4) is 17.2 Å². The Morgan fingerprint density at radius 3 is 2.03 bits per heavy atom. The summed E-state index contributed by atoms with van der Waals surface area (Å²) in [5.74, 6) is 0.674. The maximum atomic E-state index is 13.5. The van der Waals surface area contributed by atoms with Crippen molar-refractivity contribution in [3.05, 3.63) is 77.4 Å². The standard InChI is InChI=1S/C26H29N3O6S/c1-18-11-19(2)13-21(12-18)29(36(31,32)22-9-7-6-8-10-22)17-25(30)28-27-16-20-14-23(33-3)26(35-5)24(15-20)34-4/h6-16H,17H2,1-5H3,(H,28,30)/b27-16-. The average molecular weight is 512 g/mol. The SMILES string of the molecule is COc1cc(/C=N\NC(=O)CN(c2cc(C)cc(C)c2)S(=O)(=O)c2ccccc2)cc(OC)c1OC. The van der Waals surface area contributed by atoms with E-state index in [1.165, 1.54) is 39.7 Å². The van der Waals surface area contributed by atoms with Crippen LogP contribution in [-0.2, 0) is 14.8 Å². The Morgan fingerprint density at radius 1 is 0.917 bits per heavy atom.